The summed E-state index contributed by atoms with van der Waals surface area (Å²) < 4.78 is 15.9. The van der Waals surface area contributed by atoms with E-state index in [4.69, 9.17) is 5.73 Å². The van der Waals surface area contributed by atoms with Crippen LogP contribution in [0.25, 0.3) is 0 Å². The van der Waals surface area contributed by atoms with E-state index >= 15 is 0 Å². The standard InChI is InChI=1S/C12H8Br3FN2/c13-6-4-9(15)12(18-5-6)11(17)7-2-1-3-8(14)10(7)16/h1-5,11H,17H2. The van der Waals surface area contributed by atoms with Gasteiger partial charge in [-0.2, -0.15) is 0 Å². The maximum absolute atomic E-state index is 14.0. The number of nitrogens with zero attached hydrogens (tertiary/aromatic N) is 1. The first kappa shape index (κ1) is 14.1. The lowest BCUT2D eigenvalue weighted by molar-refractivity contribution is 0.590. The number of benzene rings is 1. The normalized spacial score (nSPS) is 12.5. The Morgan fingerprint density at radius 1 is 1.17 bits per heavy atom. The molecule has 94 valence electrons. The highest BCUT2D eigenvalue weighted by Gasteiger charge is 2.18. The van der Waals surface area contributed by atoms with Crippen LogP contribution < -0.4 is 5.73 Å². The van der Waals surface area contributed by atoms with Gasteiger partial charge in [0, 0.05) is 20.7 Å². The maximum atomic E-state index is 14.0. The van der Waals surface area contributed by atoms with Gasteiger partial charge >= 0.3 is 0 Å². The molecule has 0 amide bonds. The quantitative estimate of drug-likeness (QED) is 0.746. The van der Waals surface area contributed by atoms with Crippen molar-refractivity contribution in [1.82, 2.24) is 4.98 Å². The van der Waals surface area contributed by atoms with Gasteiger partial charge < -0.3 is 5.73 Å². The third kappa shape index (κ3) is 2.82. The average Bonchev–Trinajstić information content (AvgIpc) is 2.32. The second kappa shape index (κ2) is 5.77. The number of pyridine rings is 1. The van der Waals surface area contributed by atoms with Gasteiger partial charge in [-0.1, -0.05) is 12.1 Å². The molecule has 0 fully saturated rings. The first-order valence-electron chi connectivity index (χ1n) is 5.01. The summed E-state index contributed by atoms with van der Waals surface area (Å²) in [4.78, 5) is 4.22. The minimum Gasteiger partial charge on any atom is -0.319 e. The van der Waals surface area contributed by atoms with Gasteiger partial charge in [-0.05, 0) is 59.9 Å². The van der Waals surface area contributed by atoms with Crippen molar-refractivity contribution in [2.24, 2.45) is 5.73 Å². The van der Waals surface area contributed by atoms with Crippen LogP contribution in [-0.4, -0.2) is 4.98 Å². The van der Waals surface area contributed by atoms with E-state index in [1.807, 2.05) is 6.07 Å². The molecule has 2 nitrogen and oxygen atoms in total. The van der Waals surface area contributed by atoms with Crippen LogP contribution in [0.1, 0.15) is 17.3 Å². The molecule has 1 aromatic carbocycles. The lowest BCUT2D eigenvalue weighted by atomic mass is 10.0. The van der Waals surface area contributed by atoms with E-state index in [1.54, 1.807) is 24.4 Å². The van der Waals surface area contributed by atoms with Crippen LogP contribution in [0.2, 0.25) is 0 Å². The van der Waals surface area contributed by atoms with Crippen molar-refractivity contribution >= 4 is 47.8 Å². The SMILES string of the molecule is NC(c1cccc(Br)c1F)c1ncc(Br)cc1Br. The van der Waals surface area contributed by atoms with Gasteiger partial charge in [0.1, 0.15) is 5.82 Å². The molecule has 0 saturated carbocycles. The number of rotatable bonds is 2. The predicted octanol–water partition coefficient (Wildman–Crippen LogP) is 4.56. The Balaban J connectivity index is 2.48. The molecular formula is C12H8Br3FN2. The van der Waals surface area contributed by atoms with Gasteiger partial charge in [0.05, 0.1) is 16.2 Å². The van der Waals surface area contributed by atoms with Crippen LogP contribution in [0, 0.1) is 5.82 Å². The number of halogens is 4. The van der Waals surface area contributed by atoms with Gasteiger partial charge in [-0.15, -0.1) is 0 Å². The van der Waals surface area contributed by atoms with E-state index in [2.05, 4.69) is 52.8 Å². The summed E-state index contributed by atoms with van der Waals surface area (Å²) in [6, 6.07) is 6.24. The Bertz CT molecular complexity index is 590. The van der Waals surface area contributed by atoms with E-state index in [0.29, 0.717) is 15.7 Å². The predicted molar refractivity (Wildman–Crippen MR) is 79.8 cm³/mol. The summed E-state index contributed by atoms with van der Waals surface area (Å²) in [6.07, 6.45) is 1.63. The Kier molecular flexibility index (Phi) is 4.53. The van der Waals surface area contributed by atoms with Crippen molar-refractivity contribution in [3.63, 3.8) is 0 Å². The Labute approximate surface area is 129 Å². The molecule has 2 aromatic rings. The Morgan fingerprint density at radius 3 is 2.56 bits per heavy atom. The Morgan fingerprint density at radius 2 is 1.89 bits per heavy atom. The van der Waals surface area contributed by atoms with Crippen molar-refractivity contribution in [2.45, 2.75) is 6.04 Å². The number of aromatic nitrogens is 1. The highest BCUT2D eigenvalue weighted by atomic mass is 79.9. The molecule has 0 aliphatic rings. The van der Waals surface area contributed by atoms with Gasteiger partial charge in [0.15, 0.2) is 0 Å². The molecule has 18 heavy (non-hydrogen) atoms. The third-order valence-electron chi connectivity index (χ3n) is 2.45. The van der Waals surface area contributed by atoms with Crippen LogP contribution in [0.4, 0.5) is 4.39 Å². The van der Waals surface area contributed by atoms with Crippen LogP contribution in [0.15, 0.2) is 43.9 Å². The van der Waals surface area contributed by atoms with Gasteiger partial charge in [0.25, 0.3) is 0 Å². The van der Waals surface area contributed by atoms with E-state index < -0.39 is 6.04 Å². The number of nitrogens with two attached hydrogens (primary N) is 1. The van der Waals surface area contributed by atoms with Gasteiger partial charge in [-0.25, -0.2) is 4.39 Å². The van der Waals surface area contributed by atoms with E-state index in [9.17, 15) is 4.39 Å². The molecule has 1 aromatic heterocycles. The van der Waals surface area contributed by atoms with Gasteiger partial charge in [0.2, 0.25) is 0 Å². The fourth-order valence-corrected chi connectivity index (χ4v) is 3.18. The van der Waals surface area contributed by atoms with Crippen LogP contribution in [0.3, 0.4) is 0 Å². The van der Waals surface area contributed by atoms with E-state index in [1.165, 1.54) is 0 Å². The van der Waals surface area contributed by atoms with Crippen LogP contribution in [0.5, 0.6) is 0 Å². The van der Waals surface area contributed by atoms with Crippen molar-refractivity contribution in [1.29, 1.82) is 0 Å². The summed E-state index contributed by atoms with van der Waals surface area (Å²) in [5.74, 6) is -0.360. The van der Waals surface area contributed by atoms with Crippen LogP contribution in [-0.2, 0) is 0 Å². The molecule has 0 bridgehead atoms. The zero-order valence-electron chi connectivity index (χ0n) is 9.00. The molecular weight excluding hydrogens is 431 g/mol. The minimum absolute atomic E-state index is 0.360. The summed E-state index contributed by atoms with van der Waals surface area (Å²) in [5, 5.41) is 0. The second-order valence-electron chi connectivity index (χ2n) is 3.64. The average molecular weight is 439 g/mol. The zero-order valence-corrected chi connectivity index (χ0v) is 13.8. The first-order chi connectivity index (χ1) is 8.50. The third-order valence-corrected chi connectivity index (χ3v) is 4.13. The summed E-state index contributed by atoms with van der Waals surface area (Å²) in [6.45, 7) is 0. The zero-order chi connectivity index (χ0) is 13.3. The van der Waals surface area contributed by atoms with Crippen molar-refractivity contribution in [3.8, 4) is 0 Å². The molecule has 6 heteroatoms. The first-order valence-corrected chi connectivity index (χ1v) is 7.39. The lowest BCUT2D eigenvalue weighted by Crippen LogP contribution is -2.16. The smallest absolute Gasteiger partial charge is 0.142 e. The summed E-state index contributed by atoms with van der Waals surface area (Å²) >= 11 is 9.84. The fraction of sp³-hybridized carbons (Fsp3) is 0.0833. The summed E-state index contributed by atoms with van der Waals surface area (Å²) in [5.41, 5.74) is 7.06. The summed E-state index contributed by atoms with van der Waals surface area (Å²) in [7, 11) is 0. The van der Waals surface area contributed by atoms with Crippen LogP contribution >= 0.6 is 47.8 Å². The molecule has 2 N–H and O–H groups in total. The van der Waals surface area contributed by atoms with Crippen molar-refractivity contribution < 1.29 is 4.39 Å². The van der Waals surface area contributed by atoms with Gasteiger partial charge in [-0.3, -0.25) is 4.98 Å². The van der Waals surface area contributed by atoms with E-state index in [0.717, 1.165) is 8.95 Å². The topological polar surface area (TPSA) is 38.9 Å². The number of hydrogen-bond donors (Lipinski definition) is 1. The second-order valence-corrected chi connectivity index (χ2v) is 6.27. The molecule has 1 heterocycles. The number of hydrogen-bond acceptors (Lipinski definition) is 2. The molecule has 1 unspecified atom stereocenters. The van der Waals surface area contributed by atoms with Crippen molar-refractivity contribution in [2.75, 3.05) is 0 Å². The minimum atomic E-state index is -0.620. The molecule has 0 aliphatic carbocycles. The lowest BCUT2D eigenvalue weighted by Gasteiger charge is -2.14. The maximum Gasteiger partial charge on any atom is 0.142 e. The highest BCUT2D eigenvalue weighted by molar-refractivity contribution is 9.11. The van der Waals surface area contributed by atoms with E-state index in [-0.39, 0.29) is 5.82 Å². The molecule has 0 aliphatic heterocycles. The molecule has 2 rings (SSSR count). The molecule has 0 radical (unpaired) electrons. The molecule has 1 atom stereocenters. The fourth-order valence-electron chi connectivity index (χ4n) is 1.56. The molecule has 0 spiro atoms. The largest absolute Gasteiger partial charge is 0.319 e. The Hall–Kier alpha value is -0.300. The monoisotopic (exact) mass is 436 g/mol. The molecule has 0 saturated heterocycles. The highest BCUT2D eigenvalue weighted by Crippen LogP contribution is 2.30. The van der Waals surface area contributed by atoms with Crippen molar-refractivity contribution in [3.05, 3.63) is 61.0 Å².